The second-order valence-corrected chi connectivity index (χ2v) is 5.04. The maximum atomic E-state index is 11.6. The fraction of sp³-hybridized carbons (Fsp3) is 0.688. The summed E-state index contributed by atoms with van der Waals surface area (Å²) >= 11 is 0. The molecule has 0 aliphatic carbocycles. The quantitative estimate of drug-likeness (QED) is 0.309. The number of carbonyl (C=O) groups is 3. The van der Waals surface area contributed by atoms with Gasteiger partial charge >= 0.3 is 11.9 Å². The molecule has 0 heterocycles. The van der Waals surface area contributed by atoms with E-state index in [1.807, 2.05) is 6.08 Å². The van der Waals surface area contributed by atoms with Gasteiger partial charge in [-0.25, -0.2) is 4.79 Å². The molecule has 0 saturated heterocycles. The average molecular weight is 313 g/mol. The van der Waals surface area contributed by atoms with Crippen molar-refractivity contribution in [3.05, 3.63) is 12.7 Å². The molecule has 1 atom stereocenters. The standard InChI is InChI=1S/C16H27NO5/c1-3-5-6-7-8-9-10-13(16(20)21)17-14(18)11-12-15(19)22-4-2/h3,13H,1,4-12H2,2H3,(H,17,18)(H,20,21)/t13-/m1/s1. The summed E-state index contributed by atoms with van der Waals surface area (Å²) < 4.78 is 4.71. The zero-order valence-corrected chi connectivity index (χ0v) is 13.3. The number of carboxylic acid groups (broad SMARTS) is 1. The third-order valence-corrected chi connectivity index (χ3v) is 3.15. The lowest BCUT2D eigenvalue weighted by Gasteiger charge is -2.14. The lowest BCUT2D eigenvalue weighted by molar-refractivity contribution is -0.145. The molecule has 0 aromatic heterocycles. The van der Waals surface area contributed by atoms with Crippen LogP contribution in [0, 0.1) is 0 Å². The Hall–Kier alpha value is -1.85. The molecule has 126 valence electrons. The van der Waals surface area contributed by atoms with E-state index in [4.69, 9.17) is 9.84 Å². The van der Waals surface area contributed by atoms with Crippen molar-refractivity contribution in [3.63, 3.8) is 0 Å². The van der Waals surface area contributed by atoms with Crippen LogP contribution >= 0.6 is 0 Å². The van der Waals surface area contributed by atoms with Gasteiger partial charge in [-0.2, -0.15) is 0 Å². The Morgan fingerprint density at radius 3 is 2.45 bits per heavy atom. The Morgan fingerprint density at radius 1 is 1.18 bits per heavy atom. The average Bonchev–Trinajstić information content (AvgIpc) is 2.47. The van der Waals surface area contributed by atoms with Crippen LogP contribution in [0.4, 0.5) is 0 Å². The first-order chi connectivity index (χ1) is 10.5. The van der Waals surface area contributed by atoms with E-state index in [0.717, 1.165) is 32.1 Å². The third-order valence-electron chi connectivity index (χ3n) is 3.15. The number of carboxylic acids is 1. The number of allylic oxidation sites excluding steroid dienone is 1. The van der Waals surface area contributed by atoms with Crippen LogP contribution < -0.4 is 5.32 Å². The molecular formula is C16H27NO5. The number of unbranched alkanes of at least 4 members (excludes halogenated alkanes) is 4. The molecule has 0 bridgehead atoms. The summed E-state index contributed by atoms with van der Waals surface area (Å²) in [6.07, 6.45) is 6.88. The maximum Gasteiger partial charge on any atom is 0.326 e. The van der Waals surface area contributed by atoms with Crippen molar-refractivity contribution >= 4 is 17.8 Å². The zero-order valence-electron chi connectivity index (χ0n) is 13.3. The van der Waals surface area contributed by atoms with Crippen LogP contribution in [0.3, 0.4) is 0 Å². The van der Waals surface area contributed by atoms with Crippen molar-refractivity contribution in [1.82, 2.24) is 5.32 Å². The molecule has 0 unspecified atom stereocenters. The molecule has 6 heteroatoms. The lowest BCUT2D eigenvalue weighted by Crippen LogP contribution is -2.40. The van der Waals surface area contributed by atoms with E-state index in [9.17, 15) is 14.4 Å². The minimum Gasteiger partial charge on any atom is -0.480 e. The molecule has 0 saturated carbocycles. The number of nitrogens with one attached hydrogen (secondary N) is 1. The predicted octanol–water partition coefficient (Wildman–Crippen LogP) is 2.43. The molecule has 6 nitrogen and oxygen atoms in total. The number of ether oxygens (including phenoxy) is 1. The van der Waals surface area contributed by atoms with Gasteiger partial charge in [0, 0.05) is 6.42 Å². The summed E-state index contributed by atoms with van der Waals surface area (Å²) in [7, 11) is 0. The Balaban J connectivity index is 3.97. The van der Waals surface area contributed by atoms with Gasteiger partial charge in [0.1, 0.15) is 6.04 Å². The first-order valence-corrected chi connectivity index (χ1v) is 7.80. The van der Waals surface area contributed by atoms with E-state index < -0.39 is 23.9 Å². The number of amides is 1. The number of carbonyl (C=O) groups excluding carboxylic acids is 2. The number of hydrogen-bond acceptors (Lipinski definition) is 4. The molecule has 0 fully saturated rings. The number of esters is 1. The van der Waals surface area contributed by atoms with Crippen LogP contribution in [-0.4, -0.2) is 35.6 Å². The van der Waals surface area contributed by atoms with E-state index in [-0.39, 0.29) is 19.4 Å². The number of aliphatic carboxylic acids is 1. The SMILES string of the molecule is C=CCCCCCC[C@@H](NC(=O)CCC(=O)OCC)C(=O)O. The molecule has 0 rings (SSSR count). The molecule has 1 amide bonds. The maximum absolute atomic E-state index is 11.6. The number of rotatable bonds is 13. The Kier molecular flexibility index (Phi) is 11.8. The molecule has 0 radical (unpaired) electrons. The first-order valence-electron chi connectivity index (χ1n) is 7.80. The van der Waals surface area contributed by atoms with Gasteiger partial charge in [0.2, 0.25) is 5.91 Å². The van der Waals surface area contributed by atoms with Crippen LogP contribution in [0.25, 0.3) is 0 Å². The summed E-state index contributed by atoms with van der Waals surface area (Å²) in [5.74, 6) is -1.94. The van der Waals surface area contributed by atoms with Crippen molar-refractivity contribution in [2.24, 2.45) is 0 Å². The van der Waals surface area contributed by atoms with E-state index in [0.29, 0.717) is 6.42 Å². The van der Waals surface area contributed by atoms with Crippen molar-refractivity contribution < 1.29 is 24.2 Å². The minimum atomic E-state index is -1.05. The van der Waals surface area contributed by atoms with Crippen LogP contribution in [0.1, 0.15) is 58.3 Å². The minimum absolute atomic E-state index is 0.0342. The molecule has 0 spiro atoms. The van der Waals surface area contributed by atoms with Crippen LogP contribution in [0.5, 0.6) is 0 Å². The lowest BCUT2D eigenvalue weighted by atomic mass is 10.1. The monoisotopic (exact) mass is 313 g/mol. The van der Waals surface area contributed by atoms with Gasteiger partial charge in [0.25, 0.3) is 0 Å². The summed E-state index contributed by atoms with van der Waals surface area (Å²) in [5.41, 5.74) is 0. The fourth-order valence-corrected chi connectivity index (χ4v) is 1.96. The Labute approximate surface area is 131 Å². The molecule has 0 aromatic carbocycles. The van der Waals surface area contributed by atoms with Crippen LogP contribution in [0.15, 0.2) is 12.7 Å². The smallest absolute Gasteiger partial charge is 0.326 e. The fourth-order valence-electron chi connectivity index (χ4n) is 1.96. The summed E-state index contributed by atoms with van der Waals surface area (Å²) in [4.78, 5) is 33.9. The Morgan fingerprint density at radius 2 is 1.86 bits per heavy atom. The van der Waals surface area contributed by atoms with E-state index in [1.165, 1.54) is 0 Å². The highest BCUT2D eigenvalue weighted by atomic mass is 16.5. The highest BCUT2D eigenvalue weighted by Crippen LogP contribution is 2.08. The summed E-state index contributed by atoms with van der Waals surface area (Å²) in [5, 5.41) is 11.6. The van der Waals surface area contributed by atoms with Gasteiger partial charge in [0.05, 0.1) is 13.0 Å². The van der Waals surface area contributed by atoms with Gasteiger partial charge in [-0.05, 0) is 26.2 Å². The molecule has 22 heavy (non-hydrogen) atoms. The van der Waals surface area contributed by atoms with Crippen molar-refractivity contribution in [3.8, 4) is 0 Å². The largest absolute Gasteiger partial charge is 0.480 e. The first kappa shape index (κ1) is 20.1. The van der Waals surface area contributed by atoms with Gasteiger partial charge in [-0.3, -0.25) is 9.59 Å². The van der Waals surface area contributed by atoms with Crippen molar-refractivity contribution in [2.75, 3.05) is 6.61 Å². The highest BCUT2D eigenvalue weighted by Gasteiger charge is 2.19. The molecular weight excluding hydrogens is 286 g/mol. The normalized spacial score (nSPS) is 11.5. The van der Waals surface area contributed by atoms with Crippen molar-refractivity contribution in [1.29, 1.82) is 0 Å². The molecule has 0 aliphatic rings. The summed E-state index contributed by atoms with van der Waals surface area (Å²) in [6.45, 7) is 5.60. The van der Waals surface area contributed by atoms with Crippen molar-refractivity contribution in [2.45, 2.75) is 64.3 Å². The van der Waals surface area contributed by atoms with E-state index in [1.54, 1.807) is 6.92 Å². The zero-order chi connectivity index (χ0) is 16.8. The highest BCUT2D eigenvalue weighted by molar-refractivity contribution is 5.85. The molecule has 0 aromatic rings. The van der Waals surface area contributed by atoms with Gasteiger partial charge in [-0.15, -0.1) is 6.58 Å². The van der Waals surface area contributed by atoms with Gasteiger partial charge in [-0.1, -0.05) is 25.3 Å². The third kappa shape index (κ3) is 10.9. The van der Waals surface area contributed by atoms with Gasteiger partial charge < -0.3 is 15.2 Å². The van der Waals surface area contributed by atoms with E-state index in [2.05, 4.69) is 11.9 Å². The summed E-state index contributed by atoms with van der Waals surface area (Å²) in [6, 6.07) is -0.894. The molecule has 0 aliphatic heterocycles. The Bertz CT molecular complexity index is 368. The second kappa shape index (κ2) is 12.9. The predicted molar refractivity (Wildman–Crippen MR) is 83.3 cm³/mol. The topological polar surface area (TPSA) is 92.7 Å². The van der Waals surface area contributed by atoms with Gasteiger partial charge in [0.15, 0.2) is 0 Å². The molecule has 2 N–H and O–H groups in total. The van der Waals surface area contributed by atoms with Crippen LogP contribution in [-0.2, 0) is 19.1 Å². The second-order valence-electron chi connectivity index (χ2n) is 5.04. The van der Waals surface area contributed by atoms with E-state index >= 15 is 0 Å². The van der Waals surface area contributed by atoms with Crippen LogP contribution in [0.2, 0.25) is 0 Å². The number of hydrogen-bond donors (Lipinski definition) is 2.